The zero-order chi connectivity index (χ0) is 16.6. The predicted octanol–water partition coefficient (Wildman–Crippen LogP) is 2.78. The Labute approximate surface area is 138 Å². The summed E-state index contributed by atoms with van der Waals surface area (Å²) in [6, 6.07) is 6.12. The monoisotopic (exact) mass is 329 g/mol. The topological polar surface area (TPSA) is 78.5 Å². The van der Waals surface area contributed by atoms with E-state index in [0.29, 0.717) is 23.6 Å². The lowest BCUT2D eigenvalue weighted by molar-refractivity contribution is 0.0947. The summed E-state index contributed by atoms with van der Waals surface area (Å²) in [7, 11) is 0. The molecule has 0 atom stereocenters. The summed E-state index contributed by atoms with van der Waals surface area (Å²) in [6.07, 6.45) is 0. The molecule has 0 bridgehead atoms. The summed E-state index contributed by atoms with van der Waals surface area (Å²) < 4.78 is 2.42. The Kier molecular flexibility index (Phi) is 4.04. The van der Waals surface area contributed by atoms with Gasteiger partial charge in [-0.2, -0.15) is 5.10 Å². The van der Waals surface area contributed by atoms with Gasteiger partial charge in [-0.15, -0.1) is 0 Å². The number of aromatic nitrogens is 4. The highest BCUT2D eigenvalue weighted by Gasteiger charge is 2.14. The number of aromatic amines is 2. The summed E-state index contributed by atoms with van der Waals surface area (Å²) in [6.45, 7) is 6.96. The van der Waals surface area contributed by atoms with E-state index in [1.165, 1.54) is 5.56 Å². The maximum atomic E-state index is 12.4. The number of carbonyl (C=O) groups is 1. The Morgan fingerprint density at radius 3 is 2.83 bits per heavy atom. The second-order valence-electron chi connectivity index (χ2n) is 5.66. The minimum atomic E-state index is -0.107. The quantitative estimate of drug-likeness (QED) is 0.644. The Morgan fingerprint density at radius 2 is 2.13 bits per heavy atom. The van der Waals surface area contributed by atoms with Crippen LogP contribution in [0.1, 0.15) is 27.4 Å². The normalized spacial score (nSPS) is 11.1. The van der Waals surface area contributed by atoms with Crippen molar-refractivity contribution in [3.63, 3.8) is 0 Å². The number of benzene rings is 1. The van der Waals surface area contributed by atoms with E-state index in [9.17, 15) is 4.79 Å². The van der Waals surface area contributed by atoms with Gasteiger partial charge < -0.3 is 14.9 Å². The van der Waals surface area contributed by atoms with E-state index in [-0.39, 0.29) is 5.91 Å². The SMILES string of the molecule is Cc1ccc2[nH]c(C(=O)NCCn3c(C)n[nH]c3=S)c(C)c2c1. The summed E-state index contributed by atoms with van der Waals surface area (Å²) in [5, 5.41) is 10.8. The van der Waals surface area contributed by atoms with Crippen molar-refractivity contribution in [2.24, 2.45) is 0 Å². The Balaban J connectivity index is 1.74. The van der Waals surface area contributed by atoms with Gasteiger partial charge in [0.1, 0.15) is 11.5 Å². The summed E-state index contributed by atoms with van der Waals surface area (Å²) >= 11 is 5.15. The third-order valence-electron chi connectivity index (χ3n) is 4.01. The van der Waals surface area contributed by atoms with Crippen molar-refractivity contribution in [3.05, 3.63) is 45.6 Å². The summed E-state index contributed by atoms with van der Waals surface area (Å²) in [5.74, 6) is 0.700. The number of H-pyrrole nitrogens is 2. The Hall–Kier alpha value is -2.41. The van der Waals surface area contributed by atoms with Crippen LogP contribution in [0, 0.1) is 25.5 Å². The molecule has 23 heavy (non-hydrogen) atoms. The van der Waals surface area contributed by atoms with Gasteiger partial charge in [-0.3, -0.25) is 9.89 Å². The molecule has 3 rings (SSSR count). The number of nitrogens with one attached hydrogen (secondary N) is 3. The van der Waals surface area contributed by atoms with Gasteiger partial charge in [-0.25, -0.2) is 0 Å². The fourth-order valence-corrected chi connectivity index (χ4v) is 2.97. The van der Waals surface area contributed by atoms with E-state index in [1.807, 2.05) is 37.5 Å². The van der Waals surface area contributed by atoms with Gasteiger partial charge in [0.05, 0.1) is 0 Å². The van der Waals surface area contributed by atoms with Crippen LogP contribution in [0.25, 0.3) is 10.9 Å². The lowest BCUT2D eigenvalue weighted by Crippen LogP contribution is -2.28. The van der Waals surface area contributed by atoms with Crippen LogP contribution >= 0.6 is 12.2 Å². The fraction of sp³-hybridized carbons (Fsp3) is 0.312. The van der Waals surface area contributed by atoms with Gasteiger partial charge in [0.25, 0.3) is 5.91 Å². The largest absolute Gasteiger partial charge is 0.350 e. The Bertz CT molecular complexity index is 934. The zero-order valence-electron chi connectivity index (χ0n) is 13.4. The first-order chi connectivity index (χ1) is 11.0. The van der Waals surface area contributed by atoms with Crippen molar-refractivity contribution in [1.82, 2.24) is 25.1 Å². The first-order valence-corrected chi connectivity index (χ1v) is 7.87. The van der Waals surface area contributed by atoms with E-state index in [1.54, 1.807) is 0 Å². The van der Waals surface area contributed by atoms with Crippen molar-refractivity contribution >= 4 is 29.0 Å². The van der Waals surface area contributed by atoms with E-state index < -0.39 is 0 Å². The summed E-state index contributed by atoms with van der Waals surface area (Å²) in [4.78, 5) is 15.6. The standard InChI is InChI=1S/C16H19N5OS/c1-9-4-5-13-12(8-9)10(2)14(18-13)15(22)17-6-7-21-11(3)19-20-16(21)23/h4-5,8,18H,6-7H2,1-3H3,(H,17,22)(H,20,23). The molecule has 120 valence electrons. The van der Waals surface area contributed by atoms with Crippen LogP contribution < -0.4 is 5.32 Å². The van der Waals surface area contributed by atoms with Crippen LogP contribution in [-0.4, -0.2) is 32.2 Å². The highest BCUT2D eigenvalue weighted by Crippen LogP contribution is 2.22. The second-order valence-corrected chi connectivity index (χ2v) is 6.04. The van der Waals surface area contributed by atoms with Gasteiger partial charge >= 0.3 is 0 Å². The van der Waals surface area contributed by atoms with Crippen LogP contribution in [0.2, 0.25) is 0 Å². The van der Waals surface area contributed by atoms with Crippen LogP contribution in [0.5, 0.6) is 0 Å². The molecule has 6 nitrogen and oxygen atoms in total. The van der Waals surface area contributed by atoms with Crippen molar-refractivity contribution < 1.29 is 4.79 Å². The maximum Gasteiger partial charge on any atom is 0.268 e. The number of hydrogen-bond donors (Lipinski definition) is 3. The van der Waals surface area contributed by atoms with E-state index in [2.05, 4.69) is 26.6 Å². The number of fused-ring (bicyclic) bond motifs is 1. The highest BCUT2D eigenvalue weighted by atomic mass is 32.1. The molecule has 2 aromatic heterocycles. The zero-order valence-corrected chi connectivity index (χ0v) is 14.2. The molecule has 2 heterocycles. The molecule has 0 saturated carbocycles. The van der Waals surface area contributed by atoms with E-state index in [0.717, 1.165) is 22.3 Å². The number of nitrogens with zero attached hydrogens (tertiary/aromatic N) is 2. The molecule has 0 aliphatic rings. The summed E-state index contributed by atoms with van der Waals surface area (Å²) in [5.41, 5.74) is 3.73. The minimum Gasteiger partial charge on any atom is -0.350 e. The van der Waals surface area contributed by atoms with Gasteiger partial charge in [-0.1, -0.05) is 11.6 Å². The van der Waals surface area contributed by atoms with E-state index >= 15 is 0 Å². The molecule has 0 saturated heterocycles. The van der Waals surface area contributed by atoms with Crippen LogP contribution in [-0.2, 0) is 6.54 Å². The van der Waals surface area contributed by atoms with E-state index in [4.69, 9.17) is 12.2 Å². The third-order valence-corrected chi connectivity index (χ3v) is 4.32. The fourth-order valence-electron chi connectivity index (χ4n) is 2.70. The molecule has 0 radical (unpaired) electrons. The molecule has 0 spiro atoms. The van der Waals surface area contributed by atoms with Gasteiger partial charge in [0.2, 0.25) is 0 Å². The molecule has 0 unspecified atom stereocenters. The molecule has 0 aliphatic carbocycles. The number of rotatable bonds is 4. The molecule has 1 aromatic carbocycles. The predicted molar refractivity (Wildman–Crippen MR) is 92.3 cm³/mol. The molecule has 1 amide bonds. The van der Waals surface area contributed by atoms with Crippen molar-refractivity contribution in [2.75, 3.05) is 6.54 Å². The van der Waals surface area contributed by atoms with Crippen LogP contribution in [0.4, 0.5) is 0 Å². The number of amides is 1. The first-order valence-electron chi connectivity index (χ1n) is 7.46. The van der Waals surface area contributed by atoms with Crippen molar-refractivity contribution in [2.45, 2.75) is 27.3 Å². The van der Waals surface area contributed by atoms with Crippen molar-refractivity contribution in [1.29, 1.82) is 0 Å². The first kappa shape index (κ1) is 15.5. The van der Waals surface area contributed by atoms with Gasteiger partial charge in [-0.05, 0) is 50.7 Å². The lowest BCUT2D eigenvalue weighted by Gasteiger charge is -2.06. The van der Waals surface area contributed by atoms with Crippen LogP contribution in [0.15, 0.2) is 18.2 Å². The highest BCUT2D eigenvalue weighted by molar-refractivity contribution is 7.71. The average molecular weight is 329 g/mol. The molecule has 7 heteroatoms. The second kappa shape index (κ2) is 6.00. The third kappa shape index (κ3) is 2.92. The molecular formula is C16H19N5OS. The van der Waals surface area contributed by atoms with Gasteiger partial charge in [0.15, 0.2) is 4.77 Å². The number of aryl methyl sites for hydroxylation is 3. The molecule has 3 aromatic rings. The maximum absolute atomic E-state index is 12.4. The van der Waals surface area contributed by atoms with Gasteiger partial charge in [0, 0.05) is 24.0 Å². The van der Waals surface area contributed by atoms with Crippen molar-refractivity contribution in [3.8, 4) is 0 Å². The molecule has 0 fully saturated rings. The lowest BCUT2D eigenvalue weighted by atomic mass is 10.1. The number of hydrogen-bond acceptors (Lipinski definition) is 3. The Morgan fingerprint density at radius 1 is 1.35 bits per heavy atom. The average Bonchev–Trinajstić information content (AvgIpc) is 3.01. The molecule has 3 N–H and O–H groups in total. The molecule has 0 aliphatic heterocycles. The number of carbonyl (C=O) groups excluding carboxylic acids is 1. The van der Waals surface area contributed by atoms with Crippen LogP contribution in [0.3, 0.4) is 0 Å². The minimum absolute atomic E-state index is 0.107. The smallest absolute Gasteiger partial charge is 0.268 e. The molecular weight excluding hydrogens is 310 g/mol.